The molecule has 1 amide bonds. The molecule has 9 heteroatoms. The Bertz CT molecular complexity index is 883. The topological polar surface area (TPSA) is 89.8 Å². The lowest BCUT2D eigenvalue weighted by Crippen LogP contribution is -2.30. The maximum absolute atomic E-state index is 12.2. The zero-order valence-electron chi connectivity index (χ0n) is 12.5. The zero-order chi connectivity index (χ0) is 16.2. The highest BCUT2D eigenvalue weighted by molar-refractivity contribution is 7.17. The standard InChI is InChI=1S/C14H15N5O2S2/c1-2-3-10-11(23-18-17-10)13(20)15-5-6-19-8-16-9-4-7-22-12(9)14(19)21/h4,7-8H,2-3,5-6H2,1H3,(H,15,20). The summed E-state index contributed by atoms with van der Waals surface area (Å²) in [4.78, 5) is 29.2. The van der Waals surface area contributed by atoms with Crippen LogP contribution in [0.1, 0.15) is 28.7 Å². The lowest BCUT2D eigenvalue weighted by Gasteiger charge is -2.06. The first-order valence-electron chi connectivity index (χ1n) is 7.22. The second-order valence-corrected chi connectivity index (χ2v) is 6.60. The van der Waals surface area contributed by atoms with E-state index in [4.69, 9.17) is 0 Å². The Morgan fingerprint density at radius 3 is 3.13 bits per heavy atom. The molecule has 120 valence electrons. The molecule has 0 saturated carbocycles. The number of carbonyl (C=O) groups is 1. The molecule has 7 nitrogen and oxygen atoms in total. The van der Waals surface area contributed by atoms with E-state index in [2.05, 4.69) is 19.9 Å². The van der Waals surface area contributed by atoms with Crippen molar-refractivity contribution in [1.29, 1.82) is 0 Å². The summed E-state index contributed by atoms with van der Waals surface area (Å²) >= 11 is 2.47. The summed E-state index contributed by atoms with van der Waals surface area (Å²) in [6.07, 6.45) is 3.16. The van der Waals surface area contributed by atoms with E-state index >= 15 is 0 Å². The summed E-state index contributed by atoms with van der Waals surface area (Å²) in [5.41, 5.74) is 1.36. The molecule has 1 N–H and O–H groups in total. The van der Waals surface area contributed by atoms with Gasteiger partial charge in [0, 0.05) is 13.1 Å². The molecule has 3 rings (SSSR count). The Labute approximate surface area is 140 Å². The number of amides is 1. The molecule has 3 heterocycles. The van der Waals surface area contributed by atoms with E-state index in [9.17, 15) is 9.59 Å². The molecule has 0 aromatic carbocycles. The van der Waals surface area contributed by atoms with Crippen LogP contribution in [-0.4, -0.2) is 31.6 Å². The number of aromatic nitrogens is 4. The normalized spacial score (nSPS) is 11.0. The van der Waals surface area contributed by atoms with Crippen molar-refractivity contribution in [2.75, 3.05) is 6.54 Å². The fourth-order valence-electron chi connectivity index (χ4n) is 2.19. The minimum absolute atomic E-state index is 0.0784. The first-order chi connectivity index (χ1) is 11.2. The van der Waals surface area contributed by atoms with Crippen LogP contribution in [0.15, 0.2) is 22.6 Å². The van der Waals surface area contributed by atoms with Crippen LogP contribution < -0.4 is 10.9 Å². The molecule has 23 heavy (non-hydrogen) atoms. The van der Waals surface area contributed by atoms with Gasteiger partial charge in [-0.3, -0.25) is 14.2 Å². The van der Waals surface area contributed by atoms with Crippen molar-refractivity contribution < 1.29 is 4.79 Å². The van der Waals surface area contributed by atoms with Crippen LogP contribution in [0.25, 0.3) is 10.2 Å². The molecule has 0 saturated heterocycles. The van der Waals surface area contributed by atoms with E-state index in [1.165, 1.54) is 22.2 Å². The molecule has 0 aliphatic carbocycles. The maximum Gasteiger partial charge on any atom is 0.271 e. The number of aryl methyl sites for hydroxylation is 1. The number of nitrogens with one attached hydrogen (secondary N) is 1. The van der Waals surface area contributed by atoms with Crippen LogP contribution in [0.3, 0.4) is 0 Å². The zero-order valence-corrected chi connectivity index (χ0v) is 14.1. The van der Waals surface area contributed by atoms with E-state index in [-0.39, 0.29) is 11.5 Å². The van der Waals surface area contributed by atoms with Gasteiger partial charge in [-0.1, -0.05) is 17.8 Å². The number of nitrogens with zero attached hydrogens (tertiary/aromatic N) is 4. The molecule has 0 unspecified atom stereocenters. The van der Waals surface area contributed by atoms with Gasteiger partial charge in [-0.2, -0.15) is 0 Å². The van der Waals surface area contributed by atoms with E-state index < -0.39 is 0 Å². The highest BCUT2D eigenvalue weighted by atomic mass is 32.1. The molecule has 0 aliphatic rings. The van der Waals surface area contributed by atoms with E-state index in [0.29, 0.717) is 28.2 Å². The van der Waals surface area contributed by atoms with E-state index in [1.807, 2.05) is 18.4 Å². The monoisotopic (exact) mass is 349 g/mol. The molecule has 0 radical (unpaired) electrons. The Morgan fingerprint density at radius 2 is 2.30 bits per heavy atom. The molecule has 0 aliphatic heterocycles. The van der Waals surface area contributed by atoms with Crippen LogP contribution in [0, 0.1) is 0 Å². The van der Waals surface area contributed by atoms with Gasteiger partial charge in [0.05, 0.1) is 17.5 Å². The second kappa shape index (κ2) is 6.97. The van der Waals surface area contributed by atoms with E-state index in [0.717, 1.165) is 30.1 Å². The molecular weight excluding hydrogens is 334 g/mol. The summed E-state index contributed by atoms with van der Waals surface area (Å²) in [7, 11) is 0. The number of fused-ring (bicyclic) bond motifs is 1. The molecular formula is C14H15N5O2S2. The third-order valence-electron chi connectivity index (χ3n) is 3.32. The van der Waals surface area contributed by atoms with Crippen molar-refractivity contribution >= 4 is 39.0 Å². The lowest BCUT2D eigenvalue weighted by atomic mass is 10.2. The highest BCUT2D eigenvalue weighted by Gasteiger charge is 2.15. The summed E-state index contributed by atoms with van der Waals surface area (Å²) in [5, 5.41) is 8.63. The molecule has 0 spiro atoms. The van der Waals surface area contributed by atoms with Crippen molar-refractivity contribution in [3.05, 3.63) is 38.7 Å². The molecule has 0 fully saturated rings. The first kappa shape index (κ1) is 15.8. The number of carbonyl (C=O) groups excluding carboxylic acids is 1. The van der Waals surface area contributed by atoms with Gasteiger partial charge >= 0.3 is 0 Å². The Hall–Kier alpha value is -2.13. The van der Waals surface area contributed by atoms with Gasteiger partial charge in [0.2, 0.25) is 0 Å². The second-order valence-electron chi connectivity index (χ2n) is 4.93. The highest BCUT2D eigenvalue weighted by Crippen LogP contribution is 2.13. The number of thiophene rings is 1. The average molecular weight is 349 g/mol. The average Bonchev–Trinajstić information content (AvgIpc) is 3.19. The lowest BCUT2D eigenvalue weighted by molar-refractivity contribution is 0.0955. The Kier molecular flexibility index (Phi) is 4.77. The predicted octanol–water partition coefficient (Wildman–Crippen LogP) is 1.69. The van der Waals surface area contributed by atoms with Crippen LogP contribution in [0.2, 0.25) is 0 Å². The van der Waals surface area contributed by atoms with Crippen LogP contribution in [0.4, 0.5) is 0 Å². The van der Waals surface area contributed by atoms with Gasteiger partial charge in [-0.05, 0) is 29.4 Å². The fraction of sp³-hybridized carbons (Fsp3) is 0.357. The van der Waals surface area contributed by atoms with Crippen molar-refractivity contribution in [2.24, 2.45) is 0 Å². The third kappa shape index (κ3) is 3.30. The summed E-state index contributed by atoms with van der Waals surface area (Å²) < 4.78 is 5.98. The number of rotatable bonds is 6. The molecule has 3 aromatic rings. The van der Waals surface area contributed by atoms with Crippen molar-refractivity contribution in [1.82, 2.24) is 24.5 Å². The Morgan fingerprint density at radius 1 is 1.43 bits per heavy atom. The van der Waals surface area contributed by atoms with Crippen LogP contribution >= 0.6 is 22.9 Å². The minimum atomic E-state index is -0.193. The predicted molar refractivity (Wildman–Crippen MR) is 90.1 cm³/mol. The largest absolute Gasteiger partial charge is 0.349 e. The number of hydrogen-bond acceptors (Lipinski definition) is 7. The number of hydrogen-bond donors (Lipinski definition) is 1. The summed E-state index contributed by atoms with van der Waals surface area (Å²) in [5.74, 6) is -0.193. The maximum atomic E-state index is 12.2. The third-order valence-corrected chi connectivity index (χ3v) is 4.98. The SMILES string of the molecule is CCCc1nnsc1C(=O)NCCn1cnc2ccsc2c1=O. The first-order valence-corrected chi connectivity index (χ1v) is 8.88. The van der Waals surface area contributed by atoms with Gasteiger partial charge < -0.3 is 5.32 Å². The van der Waals surface area contributed by atoms with Gasteiger partial charge in [-0.25, -0.2) is 4.98 Å². The molecule has 0 bridgehead atoms. The summed E-state index contributed by atoms with van der Waals surface area (Å²) in [6, 6.07) is 1.82. The minimum Gasteiger partial charge on any atom is -0.349 e. The van der Waals surface area contributed by atoms with Crippen molar-refractivity contribution in [2.45, 2.75) is 26.3 Å². The van der Waals surface area contributed by atoms with Gasteiger partial charge in [-0.15, -0.1) is 16.4 Å². The summed E-state index contributed by atoms with van der Waals surface area (Å²) in [6.45, 7) is 2.75. The van der Waals surface area contributed by atoms with Crippen molar-refractivity contribution in [3.63, 3.8) is 0 Å². The smallest absolute Gasteiger partial charge is 0.271 e. The molecule has 3 aromatic heterocycles. The van der Waals surface area contributed by atoms with E-state index in [1.54, 1.807) is 0 Å². The Balaban J connectivity index is 1.64. The van der Waals surface area contributed by atoms with Crippen LogP contribution in [0.5, 0.6) is 0 Å². The quantitative estimate of drug-likeness (QED) is 0.731. The van der Waals surface area contributed by atoms with Gasteiger partial charge in [0.25, 0.3) is 11.5 Å². The van der Waals surface area contributed by atoms with Gasteiger partial charge in [0.1, 0.15) is 9.58 Å². The fourth-order valence-corrected chi connectivity index (χ4v) is 3.61. The van der Waals surface area contributed by atoms with Crippen LogP contribution in [-0.2, 0) is 13.0 Å². The van der Waals surface area contributed by atoms with Gasteiger partial charge in [0.15, 0.2) is 0 Å². The molecule has 0 atom stereocenters. The van der Waals surface area contributed by atoms with Crippen molar-refractivity contribution in [3.8, 4) is 0 Å².